The van der Waals surface area contributed by atoms with Crippen molar-refractivity contribution in [3.05, 3.63) is 34.6 Å². The summed E-state index contributed by atoms with van der Waals surface area (Å²) in [4.78, 5) is 13.3. The SMILES string of the molecule is O=C(NCC(N1CCNCC1)C(F)(F)F)c1ccc(F)cc1Cl. The summed E-state index contributed by atoms with van der Waals surface area (Å²) in [5.41, 5.74) is -0.0608. The van der Waals surface area contributed by atoms with Crippen LogP contribution < -0.4 is 10.6 Å². The molecule has 0 saturated carbocycles. The van der Waals surface area contributed by atoms with Crippen molar-refractivity contribution in [2.45, 2.75) is 12.2 Å². The number of alkyl halides is 3. The topological polar surface area (TPSA) is 44.4 Å². The van der Waals surface area contributed by atoms with E-state index in [1.54, 1.807) is 0 Å². The maximum Gasteiger partial charge on any atom is 0.405 e. The summed E-state index contributed by atoms with van der Waals surface area (Å²) in [6, 6.07) is 1.33. The van der Waals surface area contributed by atoms with Gasteiger partial charge in [0.1, 0.15) is 11.9 Å². The van der Waals surface area contributed by atoms with Crippen LogP contribution in [0.2, 0.25) is 5.02 Å². The minimum Gasteiger partial charge on any atom is -0.350 e. The number of amides is 1. The molecule has 9 heteroatoms. The minimum atomic E-state index is -4.46. The first kappa shape index (κ1) is 18.0. The highest BCUT2D eigenvalue weighted by Gasteiger charge is 2.43. The van der Waals surface area contributed by atoms with Gasteiger partial charge in [0, 0.05) is 32.7 Å². The van der Waals surface area contributed by atoms with E-state index in [4.69, 9.17) is 11.6 Å². The molecule has 23 heavy (non-hydrogen) atoms. The monoisotopic (exact) mass is 353 g/mol. The van der Waals surface area contributed by atoms with Crippen LogP contribution in [-0.4, -0.2) is 55.7 Å². The van der Waals surface area contributed by atoms with Crippen LogP contribution in [0, 0.1) is 5.82 Å². The number of benzene rings is 1. The van der Waals surface area contributed by atoms with Gasteiger partial charge >= 0.3 is 6.18 Å². The molecule has 1 aliphatic rings. The van der Waals surface area contributed by atoms with E-state index < -0.39 is 30.5 Å². The summed E-state index contributed by atoms with van der Waals surface area (Å²) in [5, 5.41) is 5.07. The smallest absolute Gasteiger partial charge is 0.350 e. The lowest BCUT2D eigenvalue weighted by Crippen LogP contribution is -2.57. The van der Waals surface area contributed by atoms with Crippen LogP contribution in [0.25, 0.3) is 0 Å². The number of halogens is 5. The number of rotatable bonds is 4. The second-order valence-electron chi connectivity index (χ2n) is 5.18. The molecule has 0 aliphatic carbocycles. The summed E-state index contributed by atoms with van der Waals surface area (Å²) in [6.45, 7) is 0.833. The summed E-state index contributed by atoms with van der Waals surface area (Å²) in [7, 11) is 0. The molecule has 0 aromatic heterocycles. The molecule has 1 atom stereocenters. The molecule has 1 saturated heterocycles. The summed E-state index contributed by atoms with van der Waals surface area (Å²) < 4.78 is 52.5. The largest absolute Gasteiger partial charge is 0.405 e. The standard InChI is InChI=1S/C14H16ClF4N3O/c15-11-7-9(16)1-2-10(11)13(23)21-8-12(14(17,18)19)22-5-3-20-4-6-22/h1-2,7,12,20H,3-6,8H2,(H,21,23). The van der Waals surface area contributed by atoms with Crippen LogP contribution in [0.1, 0.15) is 10.4 Å². The molecule has 4 nitrogen and oxygen atoms in total. The first-order valence-corrected chi connectivity index (χ1v) is 7.41. The van der Waals surface area contributed by atoms with Crippen LogP contribution in [-0.2, 0) is 0 Å². The summed E-state index contributed by atoms with van der Waals surface area (Å²) in [6.07, 6.45) is -4.46. The third-order valence-corrected chi connectivity index (χ3v) is 3.91. The molecule has 2 N–H and O–H groups in total. The molecule has 1 heterocycles. The second kappa shape index (κ2) is 7.46. The van der Waals surface area contributed by atoms with Crippen LogP contribution in [0.4, 0.5) is 17.6 Å². The fraction of sp³-hybridized carbons (Fsp3) is 0.500. The molecular formula is C14H16ClF4N3O. The molecular weight excluding hydrogens is 338 g/mol. The first-order chi connectivity index (χ1) is 10.8. The molecule has 0 radical (unpaired) electrons. The molecule has 1 aromatic carbocycles. The van der Waals surface area contributed by atoms with Gasteiger partial charge < -0.3 is 10.6 Å². The van der Waals surface area contributed by atoms with Crippen molar-refractivity contribution in [2.24, 2.45) is 0 Å². The molecule has 1 amide bonds. The van der Waals surface area contributed by atoms with Crippen LogP contribution in [0.15, 0.2) is 18.2 Å². The van der Waals surface area contributed by atoms with Gasteiger partial charge in [-0.1, -0.05) is 11.6 Å². The average molecular weight is 354 g/mol. The van der Waals surface area contributed by atoms with E-state index in [-0.39, 0.29) is 23.7 Å². The highest BCUT2D eigenvalue weighted by atomic mass is 35.5. The van der Waals surface area contributed by atoms with Crippen LogP contribution in [0.5, 0.6) is 0 Å². The van der Waals surface area contributed by atoms with Crippen LogP contribution >= 0.6 is 11.6 Å². The lowest BCUT2D eigenvalue weighted by molar-refractivity contribution is -0.183. The highest BCUT2D eigenvalue weighted by molar-refractivity contribution is 6.33. The van der Waals surface area contributed by atoms with Crippen LogP contribution in [0.3, 0.4) is 0 Å². The molecule has 2 rings (SSSR count). The van der Waals surface area contributed by atoms with E-state index in [1.807, 2.05) is 0 Å². The quantitative estimate of drug-likeness (QED) is 0.814. The summed E-state index contributed by atoms with van der Waals surface area (Å²) >= 11 is 5.74. The number of nitrogens with one attached hydrogen (secondary N) is 2. The Kier molecular flexibility index (Phi) is 5.83. The zero-order valence-corrected chi connectivity index (χ0v) is 12.8. The van der Waals surface area contributed by atoms with Crippen molar-refractivity contribution in [3.8, 4) is 0 Å². The predicted molar refractivity (Wildman–Crippen MR) is 78.0 cm³/mol. The Morgan fingerprint density at radius 1 is 1.35 bits per heavy atom. The third-order valence-electron chi connectivity index (χ3n) is 3.60. The lowest BCUT2D eigenvalue weighted by atomic mass is 10.1. The lowest BCUT2D eigenvalue weighted by Gasteiger charge is -2.35. The number of carbonyl (C=O) groups is 1. The number of piperazine rings is 1. The van der Waals surface area contributed by atoms with Crippen molar-refractivity contribution in [2.75, 3.05) is 32.7 Å². The zero-order chi connectivity index (χ0) is 17.0. The maximum absolute atomic E-state index is 13.2. The molecule has 1 fully saturated rings. The molecule has 1 unspecified atom stereocenters. The Balaban J connectivity index is 2.04. The molecule has 128 valence electrons. The van der Waals surface area contributed by atoms with Crippen molar-refractivity contribution < 1.29 is 22.4 Å². The maximum atomic E-state index is 13.2. The van der Waals surface area contributed by atoms with Gasteiger partial charge in [-0.15, -0.1) is 0 Å². The van der Waals surface area contributed by atoms with E-state index in [9.17, 15) is 22.4 Å². The van der Waals surface area contributed by atoms with Gasteiger partial charge in [0.25, 0.3) is 5.91 Å². The highest BCUT2D eigenvalue weighted by Crippen LogP contribution is 2.25. The molecule has 0 spiro atoms. The van der Waals surface area contributed by atoms with Crippen molar-refractivity contribution >= 4 is 17.5 Å². The number of hydrogen-bond donors (Lipinski definition) is 2. The van der Waals surface area contributed by atoms with Gasteiger partial charge in [-0.2, -0.15) is 13.2 Å². The predicted octanol–water partition coefficient (Wildman–Crippen LogP) is 2.04. The Morgan fingerprint density at radius 2 is 2.00 bits per heavy atom. The van der Waals surface area contributed by atoms with Gasteiger partial charge in [-0.25, -0.2) is 4.39 Å². The van der Waals surface area contributed by atoms with Gasteiger partial charge in [0.15, 0.2) is 0 Å². The van der Waals surface area contributed by atoms with Gasteiger partial charge in [0.05, 0.1) is 10.6 Å². The molecule has 0 bridgehead atoms. The minimum absolute atomic E-state index is 0.0608. The van der Waals surface area contributed by atoms with Crippen molar-refractivity contribution in [1.82, 2.24) is 15.5 Å². The van der Waals surface area contributed by atoms with E-state index in [0.717, 1.165) is 18.2 Å². The van der Waals surface area contributed by atoms with Crippen molar-refractivity contribution in [3.63, 3.8) is 0 Å². The Morgan fingerprint density at radius 3 is 2.57 bits per heavy atom. The second-order valence-corrected chi connectivity index (χ2v) is 5.58. The number of carbonyl (C=O) groups excluding carboxylic acids is 1. The third kappa shape index (κ3) is 4.79. The van der Waals surface area contributed by atoms with Gasteiger partial charge in [-0.3, -0.25) is 9.69 Å². The Labute approximate surface area is 135 Å². The molecule has 1 aliphatic heterocycles. The first-order valence-electron chi connectivity index (χ1n) is 7.04. The normalized spacial score (nSPS) is 17.8. The van der Waals surface area contributed by atoms with Gasteiger partial charge in [-0.05, 0) is 18.2 Å². The number of hydrogen-bond acceptors (Lipinski definition) is 3. The molecule has 1 aromatic rings. The Bertz CT molecular complexity index is 561. The van der Waals surface area contributed by atoms with E-state index in [2.05, 4.69) is 10.6 Å². The fourth-order valence-electron chi connectivity index (χ4n) is 2.40. The zero-order valence-electron chi connectivity index (χ0n) is 12.1. The number of nitrogens with zero attached hydrogens (tertiary/aromatic N) is 1. The average Bonchev–Trinajstić information content (AvgIpc) is 2.47. The van der Waals surface area contributed by atoms with E-state index in [0.29, 0.717) is 13.1 Å². The van der Waals surface area contributed by atoms with E-state index in [1.165, 1.54) is 4.90 Å². The Hall–Kier alpha value is -1.38. The van der Waals surface area contributed by atoms with Crippen molar-refractivity contribution in [1.29, 1.82) is 0 Å². The van der Waals surface area contributed by atoms with E-state index >= 15 is 0 Å². The fourth-order valence-corrected chi connectivity index (χ4v) is 2.66. The summed E-state index contributed by atoms with van der Waals surface area (Å²) in [5.74, 6) is -1.39. The van der Waals surface area contributed by atoms with Gasteiger partial charge in [0.2, 0.25) is 0 Å².